The summed E-state index contributed by atoms with van der Waals surface area (Å²) in [4.78, 5) is 15.5. The standard InChI is InChI=1S/C17H15N3O4/c1-23-16-5-2-11(8-13(16)17(21)22)10-24-12-3-4-14(18-9-12)15-6-7-19-20-15/h2-9H,10H2,1H3,(H,19,20)(H,21,22). The Balaban J connectivity index is 1.69. The van der Waals surface area contributed by atoms with Crippen LogP contribution in [0.15, 0.2) is 48.8 Å². The van der Waals surface area contributed by atoms with Gasteiger partial charge in [-0.25, -0.2) is 4.79 Å². The summed E-state index contributed by atoms with van der Waals surface area (Å²) in [7, 11) is 1.44. The summed E-state index contributed by atoms with van der Waals surface area (Å²) >= 11 is 0. The van der Waals surface area contributed by atoms with Crippen LogP contribution in [0.25, 0.3) is 11.4 Å². The number of ether oxygens (including phenoxy) is 2. The highest BCUT2D eigenvalue weighted by Crippen LogP contribution is 2.22. The minimum atomic E-state index is -1.04. The lowest BCUT2D eigenvalue weighted by Crippen LogP contribution is -2.03. The van der Waals surface area contributed by atoms with Crippen molar-refractivity contribution >= 4 is 5.97 Å². The highest BCUT2D eigenvalue weighted by molar-refractivity contribution is 5.91. The maximum atomic E-state index is 11.2. The molecule has 0 aliphatic heterocycles. The zero-order valence-corrected chi connectivity index (χ0v) is 12.9. The van der Waals surface area contributed by atoms with E-state index in [9.17, 15) is 9.90 Å². The Morgan fingerprint density at radius 3 is 2.75 bits per heavy atom. The zero-order chi connectivity index (χ0) is 16.9. The molecule has 7 heteroatoms. The fourth-order valence-corrected chi connectivity index (χ4v) is 2.20. The fraction of sp³-hybridized carbons (Fsp3) is 0.118. The third-order valence-corrected chi connectivity index (χ3v) is 3.41. The molecule has 0 aliphatic carbocycles. The monoisotopic (exact) mass is 325 g/mol. The molecule has 3 aromatic rings. The first-order valence-electron chi connectivity index (χ1n) is 7.16. The van der Waals surface area contributed by atoms with Gasteiger partial charge < -0.3 is 14.6 Å². The van der Waals surface area contributed by atoms with Crippen molar-refractivity contribution in [2.75, 3.05) is 7.11 Å². The summed E-state index contributed by atoms with van der Waals surface area (Å²) in [5.74, 6) is -0.137. The Morgan fingerprint density at radius 1 is 1.25 bits per heavy atom. The molecule has 0 bridgehead atoms. The van der Waals surface area contributed by atoms with Gasteiger partial charge in [-0.15, -0.1) is 0 Å². The number of benzene rings is 1. The summed E-state index contributed by atoms with van der Waals surface area (Å²) in [5, 5.41) is 15.9. The number of pyridine rings is 1. The molecule has 0 amide bonds. The smallest absolute Gasteiger partial charge is 0.339 e. The highest BCUT2D eigenvalue weighted by Gasteiger charge is 2.12. The average Bonchev–Trinajstić information content (AvgIpc) is 3.14. The molecular weight excluding hydrogens is 310 g/mol. The number of carbonyl (C=O) groups is 1. The third kappa shape index (κ3) is 3.35. The number of methoxy groups -OCH3 is 1. The molecular formula is C17H15N3O4. The first-order chi connectivity index (χ1) is 11.7. The first kappa shape index (κ1) is 15.5. The minimum absolute atomic E-state index is 0.103. The van der Waals surface area contributed by atoms with E-state index in [-0.39, 0.29) is 12.2 Å². The van der Waals surface area contributed by atoms with E-state index in [1.165, 1.54) is 13.2 Å². The van der Waals surface area contributed by atoms with Crippen LogP contribution in [-0.2, 0) is 6.61 Å². The van der Waals surface area contributed by atoms with Gasteiger partial charge >= 0.3 is 5.97 Å². The molecule has 0 saturated carbocycles. The molecule has 0 aliphatic rings. The van der Waals surface area contributed by atoms with Crippen LogP contribution in [0.5, 0.6) is 11.5 Å². The van der Waals surface area contributed by atoms with Crippen molar-refractivity contribution in [2.24, 2.45) is 0 Å². The summed E-state index contributed by atoms with van der Waals surface area (Å²) in [6, 6.07) is 10.4. The van der Waals surface area contributed by atoms with Gasteiger partial charge in [-0.2, -0.15) is 5.10 Å². The predicted molar refractivity (Wildman–Crippen MR) is 86.1 cm³/mol. The Hall–Kier alpha value is -3.35. The van der Waals surface area contributed by atoms with Gasteiger partial charge in [0.25, 0.3) is 0 Å². The largest absolute Gasteiger partial charge is 0.496 e. The molecule has 0 saturated heterocycles. The molecule has 0 fully saturated rings. The Morgan fingerprint density at radius 2 is 2.12 bits per heavy atom. The van der Waals surface area contributed by atoms with Gasteiger partial charge in [-0.3, -0.25) is 10.1 Å². The van der Waals surface area contributed by atoms with Gasteiger partial charge in [0.1, 0.15) is 23.7 Å². The van der Waals surface area contributed by atoms with Crippen LogP contribution in [0.4, 0.5) is 0 Å². The molecule has 0 atom stereocenters. The third-order valence-electron chi connectivity index (χ3n) is 3.41. The maximum absolute atomic E-state index is 11.2. The number of aromatic amines is 1. The van der Waals surface area contributed by atoms with Crippen LogP contribution in [0.2, 0.25) is 0 Å². The molecule has 1 aromatic carbocycles. The van der Waals surface area contributed by atoms with Crippen molar-refractivity contribution in [2.45, 2.75) is 6.61 Å². The SMILES string of the molecule is COc1ccc(COc2ccc(-c3ccn[nH]3)nc2)cc1C(=O)O. The molecule has 0 unspecified atom stereocenters. The van der Waals surface area contributed by atoms with E-state index in [1.807, 2.05) is 12.1 Å². The number of carboxylic acid groups (broad SMARTS) is 1. The second-order valence-corrected chi connectivity index (χ2v) is 4.98. The number of H-pyrrole nitrogens is 1. The van der Waals surface area contributed by atoms with E-state index in [1.54, 1.807) is 30.6 Å². The van der Waals surface area contributed by atoms with Crippen LogP contribution < -0.4 is 9.47 Å². The van der Waals surface area contributed by atoms with Gasteiger partial charge in [0.05, 0.1) is 24.7 Å². The zero-order valence-electron chi connectivity index (χ0n) is 12.9. The Labute approximate surface area is 137 Å². The Bertz CT molecular complexity index is 830. The average molecular weight is 325 g/mol. The van der Waals surface area contributed by atoms with Crippen molar-refractivity contribution in [3.05, 3.63) is 59.9 Å². The van der Waals surface area contributed by atoms with E-state index in [0.29, 0.717) is 11.5 Å². The van der Waals surface area contributed by atoms with Gasteiger partial charge in [-0.1, -0.05) is 6.07 Å². The minimum Gasteiger partial charge on any atom is -0.496 e. The van der Waals surface area contributed by atoms with Crippen molar-refractivity contribution in [3.63, 3.8) is 0 Å². The van der Waals surface area contributed by atoms with Crippen LogP contribution in [0.3, 0.4) is 0 Å². The van der Waals surface area contributed by atoms with E-state index in [2.05, 4.69) is 15.2 Å². The number of aromatic carboxylic acids is 1. The van der Waals surface area contributed by atoms with Gasteiger partial charge in [0, 0.05) is 6.20 Å². The van der Waals surface area contributed by atoms with Crippen LogP contribution in [-0.4, -0.2) is 33.4 Å². The molecule has 2 aromatic heterocycles. The molecule has 24 heavy (non-hydrogen) atoms. The topological polar surface area (TPSA) is 97.3 Å². The second kappa shape index (κ2) is 6.82. The fourth-order valence-electron chi connectivity index (χ4n) is 2.20. The van der Waals surface area contributed by atoms with Gasteiger partial charge in [-0.05, 0) is 35.9 Å². The van der Waals surface area contributed by atoms with Gasteiger partial charge in [0.2, 0.25) is 0 Å². The van der Waals surface area contributed by atoms with Crippen molar-refractivity contribution in [3.8, 4) is 22.9 Å². The number of aromatic nitrogens is 3. The quantitative estimate of drug-likeness (QED) is 0.723. The molecule has 122 valence electrons. The lowest BCUT2D eigenvalue weighted by atomic mass is 10.1. The number of nitrogens with zero attached hydrogens (tertiary/aromatic N) is 2. The van der Waals surface area contributed by atoms with E-state index >= 15 is 0 Å². The van der Waals surface area contributed by atoms with Crippen molar-refractivity contribution in [1.82, 2.24) is 15.2 Å². The molecule has 2 heterocycles. The second-order valence-electron chi connectivity index (χ2n) is 4.98. The molecule has 0 radical (unpaired) electrons. The lowest BCUT2D eigenvalue weighted by molar-refractivity contribution is 0.0693. The van der Waals surface area contributed by atoms with E-state index in [0.717, 1.165) is 17.0 Å². The molecule has 7 nitrogen and oxygen atoms in total. The number of rotatable bonds is 6. The maximum Gasteiger partial charge on any atom is 0.339 e. The van der Waals surface area contributed by atoms with E-state index < -0.39 is 5.97 Å². The number of carboxylic acids is 1. The van der Waals surface area contributed by atoms with E-state index in [4.69, 9.17) is 9.47 Å². The lowest BCUT2D eigenvalue weighted by Gasteiger charge is -2.09. The molecule has 2 N–H and O–H groups in total. The van der Waals surface area contributed by atoms with Crippen LogP contribution in [0.1, 0.15) is 15.9 Å². The number of hydrogen-bond donors (Lipinski definition) is 2. The van der Waals surface area contributed by atoms with Crippen molar-refractivity contribution in [1.29, 1.82) is 0 Å². The normalized spacial score (nSPS) is 10.4. The summed E-state index contributed by atoms with van der Waals surface area (Å²) < 4.78 is 10.7. The Kier molecular flexibility index (Phi) is 4.42. The van der Waals surface area contributed by atoms with Crippen LogP contribution >= 0.6 is 0 Å². The molecule has 0 spiro atoms. The molecule has 3 rings (SSSR count). The summed E-state index contributed by atoms with van der Waals surface area (Å²) in [5.41, 5.74) is 2.41. The van der Waals surface area contributed by atoms with Crippen LogP contribution in [0, 0.1) is 0 Å². The number of hydrogen-bond acceptors (Lipinski definition) is 5. The summed E-state index contributed by atoms with van der Waals surface area (Å²) in [6.45, 7) is 0.232. The predicted octanol–water partition coefficient (Wildman–Crippen LogP) is 2.76. The van der Waals surface area contributed by atoms with Crippen molar-refractivity contribution < 1.29 is 19.4 Å². The number of nitrogens with one attached hydrogen (secondary N) is 1. The first-order valence-corrected chi connectivity index (χ1v) is 7.16. The highest BCUT2D eigenvalue weighted by atomic mass is 16.5. The van der Waals surface area contributed by atoms with Gasteiger partial charge in [0.15, 0.2) is 0 Å². The summed E-state index contributed by atoms with van der Waals surface area (Å²) in [6.07, 6.45) is 3.27.